The van der Waals surface area contributed by atoms with Gasteiger partial charge in [0, 0.05) is 23.7 Å². The number of nitrogens with zero attached hydrogens (tertiary/aromatic N) is 7. The molecule has 0 bridgehead atoms. The molecule has 37 heavy (non-hydrogen) atoms. The summed E-state index contributed by atoms with van der Waals surface area (Å²) in [6.07, 6.45) is -0.631. The summed E-state index contributed by atoms with van der Waals surface area (Å²) in [5.41, 5.74) is 0.313. The lowest BCUT2D eigenvalue weighted by atomic mass is 10.2. The molecule has 1 atom stereocenters. The Kier molecular flexibility index (Phi) is 7.18. The van der Waals surface area contributed by atoms with Crippen LogP contribution < -0.4 is 5.69 Å². The van der Waals surface area contributed by atoms with E-state index >= 15 is 0 Å². The molecule has 3 heterocycles. The van der Waals surface area contributed by atoms with E-state index in [1.54, 1.807) is 43.3 Å². The number of aryl methyl sites for hydroxylation is 1. The van der Waals surface area contributed by atoms with Crippen molar-refractivity contribution in [2.24, 2.45) is 0 Å². The number of hydrogen-bond acceptors (Lipinski definition) is 8. The van der Waals surface area contributed by atoms with E-state index in [4.69, 9.17) is 16.3 Å². The van der Waals surface area contributed by atoms with E-state index in [1.165, 1.54) is 18.0 Å². The van der Waals surface area contributed by atoms with Gasteiger partial charge in [-0.15, -0.1) is 10.2 Å². The van der Waals surface area contributed by atoms with Gasteiger partial charge in [-0.25, -0.2) is 33.0 Å². The Morgan fingerprint density at radius 2 is 1.92 bits per heavy atom. The van der Waals surface area contributed by atoms with Gasteiger partial charge in [0.15, 0.2) is 17.5 Å². The summed E-state index contributed by atoms with van der Waals surface area (Å²) in [6, 6.07) is 9.71. The summed E-state index contributed by atoms with van der Waals surface area (Å²) < 4.78 is 35.4. The Morgan fingerprint density at radius 1 is 1.22 bits per heavy atom. The molecule has 0 fully saturated rings. The van der Waals surface area contributed by atoms with Crippen LogP contribution in [0.1, 0.15) is 28.9 Å². The highest BCUT2D eigenvalue weighted by Gasteiger charge is 2.34. The van der Waals surface area contributed by atoms with E-state index in [2.05, 4.69) is 20.2 Å². The smallest absolute Gasteiger partial charge is 0.376 e. The summed E-state index contributed by atoms with van der Waals surface area (Å²) in [5, 5.41) is 19.0. The van der Waals surface area contributed by atoms with Gasteiger partial charge in [-0.2, -0.15) is 4.68 Å². The summed E-state index contributed by atoms with van der Waals surface area (Å²) in [5.74, 6) is -4.05. The molecule has 0 aliphatic rings. The fourth-order valence-corrected chi connectivity index (χ4v) is 3.61. The first kappa shape index (κ1) is 26.1. The Bertz CT molecular complexity index is 1490. The zero-order valence-corrected chi connectivity index (χ0v) is 20.7. The third-order valence-corrected chi connectivity index (χ3v) is 5.71. The van der Waals surface area contributed by atoms with Crippen LogP contribution in [0.3, 0.4) is 0 Å². The second-order valence-corrected chi connectivity index (χ2v) is 8.69. The lowest BCUT2D eigenvalue weighted by Gasteiger charge is -2.18. The fourth-order valence-electron chi connectivity index (χ4n) is 3.48. The molecular formula is C23H22ClF2N7O4. The molecule has 0 radical (unpaired) electrons. The maximum atomic E-state index is 13.7. The van der Waals surface area contributed by atoms with E-state index in [0.29, 0.717) is 28.9 Å². The van der Waals surface area contributed by atoms with Crippen LogP contribution in [0, 0.1) is 6.92 Å². The number of carbonyl (C=O) groups is 1. The summed E-state index contributed by atoms with van der Waals surface area (Å²) in [7, 11) is 1.19. The van der Waals surface area contributed by atoms with Crippen molar-refractivity contribution in [3.8, 4) is 17.2 Å². The van der Waals surface area contributed by atoms with Crippen LogP contribution in [-0.2, 0) is 17.8 Å². The predicted octanol–water partition coefficient (Wildman–Crippen LogP) is 2.50. The van der Waals surface area contributed by atoms with Crippen LogP contribution in [0.5, 0.6) is 0 Å². The zero-order valence-electron chi connectivity index (χ0n) is 20.0. The first-order valence-corrected chi connectivity index (χ1v) is 11.3. The van der Waals surface area contributed by atoms with Crippen LogP contribution in [0.2, 0.25) is 5.02 Å². The molecular weight excluding hydrogens is 512 g/mol. The number of esters is 1. The van der Waals surface area contributed by atoms with Crippen LogP contribution in [0.4, 0.5) is 8.78 Å². The lowest BCUT2D eigenvalue weighted by molar-refractivity contribution is -0.0993. The number of hydrogen-bond donors (Lipinski definition) is 1. The van der Waals surface area contributed by atoms with E-state index in [9.17, 15) is 23.5 Å². The monoisotopic (exact) mass is 533 g/mol. The van der Waals surface area contributed by atoms with Crippen molar-refractivity contribution >= 4 is 17.6 Å². The SMILES string of the molecule is COC(=O)c1nc(Cn2nc(-c3ccc(Cl)cc3)n(CC(O)C(C)(F)F)c2=O)nn1-c1ncccc1C. The normalized spacial score (nSPS) is 12.5. The average Bonchev–Trinajstić information content (AvgIpc) is 3.40. The van der Waals surface area contributed by atoms with E-state index < -0.39 is 30.2 Å². The number of aromatic nitrogens is 7. The molecule has 3 aromatic heterocycles. The Morgan fingerprint density at radius 3 is 2.54 bits per heavy atom. The van der Waals surface area contributed by atoms with Gasteiger partial charge >= 0.3 is 11.7 Å². The van der Waals surface area contributed by atoms with Crippen molar-refractivity contribution in [2.75, 3.05) is 7.11 Å². The fraction of sp³-hybridized carbons (Fsp3) is 0.304. The molecule has 1 N–H and O–H groups in total. The minimum absolute atomic E-state index is 0.0150. The molecule has 0 aliphatic carbocycles. The predicted molar refractivity (Wildman–Crippen MR) is 128 cm³/mol. The summed E-state index contributed by atoms with van der Waals surface area (Å²) >= 11 is 5.95. The number of halogens is 3. The average molecular weight is 534 g/mol. The molecule has 1 unspecified atom stereocenters. The molecule has 4 rings (SSSR count). The highest BCUT2D eigenvalue weighted by molar-refractivity contribution is 6.30. The van der Waals surface area contributed by atoms with Gasteiger partial charge < -0.3 is 9.84 Å². The second kappa shape index (κ2) is 10.2. The van der Waals surface area contributed by atoms with Crippen molar-refractivity contribution in [1.29, 1.82) is 0 Å². The van der Waals surface area contributed by atoms with Gasteiger partial charge in [-0.3, -0.25) is 4.57 Å². The van der Waals surface area contributed by atoms with Crippen molar-refractivity contribution in [3.63, 3.8) is 0 Å². The van der Waals surface area contributed by atoms with Crippen molar-refractivity contribution in [2.45, 2.75) is 39.0 Å². The maximum absolute atomic E-state index is 13.7. The van der Waals surface area contributed by atoms with Gasteiger partial charge in [0.05, 0.1) is 13.7 Å². The number of benzene rings is 1. The number of aliphatic hydroxyl groups is 1. The molecule has 0 saturated heterocycles. The molecule has 194 valence electrons. The van der Waals surface area contributed by atoms with Crippen LogP contribution in [-0.4, -0.2) is 64.3 Å². The van der Waals surface area contributed by atoms with E-state index in [0.717, 1.165) is 9.25 Å². The highest BCUT2D eigenvalue weighted by atomic mass is 35.5. The number of aliphatic hydroxyl groups excluding tert-OH is 1. The standard InChI is InChI=1S/C23H22ClF2N7O4/c1-13-5-4-10-27-18(13)33-20(21(35)37-3)28-17(29-33)12-32-22(36)31(11-16(34)23(2,25)26)19(30-32)14-6-8-15(24)9-7-14/h4-10,16,34H,11-12H2,1-3H3. The Hall–Kier alpha value is -3.97. The molecule has 1 aromatic carbocycles. The summed E-state index contributed by atoms with van der Waals surface area (Å²) in [4.78, 5) is 34.0. The number of methoxy groups -OCH3 is 1. The maximum Gasteiger partial charge on any atom is 0.376 e. The third kappa shape index (κ3) is 5.42. The van der Waals surface area contributed by atoms with Crippen molar-refractivity contribution < 1.29 is 23.4 Å². The van der Waals surface area contributed by atoms with Gasteiger partial charge in [0.2, 0.25) is 5.82 Å². The first-order valence-electron chi connectivity index (χ1n) is 10.9. The Labute approximate surface area is 213 Å². The van der Waals surface area contributed by atoms with Gasteiger partial charge in [0.25, 0.3) is 5.92 Å². The largest absolute Gasteiger partial charge is 0.463 e. The first-order chi connectivity index (χ1) is 17.5. The van der Waals surface area contributed by atoms with Gasteiger partial charge in [0.1, 0.15) is 12.6 Å². The number of pyridine rings is 1. The number of alkyl halides is 2. The van der Waals surface area contributed by atoms with Crippen LogP contribution in [0.15, 0.2) is 47.4 Å². The van der Waals surface area contributed by atoms with Gasteiger partial charge in [-0.05, 0) is 42.8 Å². The number of ether oxygens (including phenoxy) is 1. The molecule has 14 heteroatoms. The molecule has 0 amide bonds. The van der Waals surface area contributed by atoms with Crippen molar-refractivity contribution in [1.82, 2.24) is 34.1 Å². The molecule has 0 saturated carbocycles. The van der Waals surface area contributed by atoms with Crippen LogP contribution in [0.25, 0.3) is 17.2 Å². The molecule has 0 aliphatic heterocycles. The topological polar surface area (TPSA) is 130 Å². The van der Waals surface area contributed by atoms with Crippen LogP contribution >= 0.6 is 11.6 Å². The number of rotatable bonds is 8. The minimum atomic E-state index is -3.46. The summed E-state index contributed by atoms with van der Waals surface area (Å²) in [6.45, 7) is 1.29. The second-order valence-electron chi connectivity index (χ2n) is 8.25. The zero-order chi connectivity index (χ0) is 26.9. The third-order valence-electron chi connectivity index (χ3n) is 5.46. The quantitative estimate of drug-likeness (QED) is 0.342. The Balaban J connectivity index is 1.79. The highest BCUT2D eigenvalue weighted by Crippen LogP contribution is 2.23. The molecule has 4 aromatic rings. The molecule has 0 spiro atoms. The number of carbonyl (C=O) groups excluding carboxylic acids is 1. The minimum Gasteiger partial charge on any atom is -0.463 e. The van der Waals surface area contributed by atoms with E-state index in [-0.39, 0.29) is 24.0 Å². The van der Waals surface area contributed by atoms with Crippen molar-refractivity contribution in [3.05, 3.63) is 75.3 Å². The van der Waals surface area contributed by atoms with Gasteiger partial charge in [-0.1, -0.05) is 17.7 Å². The molecule has 11 nitrogen and oxygen atoms in total. The van der Waals surface area contributed by atoms with E-state index in [1.807, 2.05) is 0 Å². The lowest BCUT2D eigenvalue weighted by Crippen LogP contribution is -2.38.